The molecule has 8 heteroatoms. The molecule has 0 radical (unpaired) electrons. The number of rotatable bonds is 9. The highest BCUT2D eigenvalue weighted by molar-refractivity contribution is 6.05. The predicted molar refractivity (Wildman–Crippen MR) is 108 cm³/mol. The Morgan fingerprint density at radius 2 is 1.83 bits per heavy atom. The molecule has 0 unspecified atom stereocenters. The summed E-state index contributed by atoms with van der Waals surface area (Å²) in [5.74, 6) is 0.296. The van der Waals surface area contributed by atoms with Crippen LogP contribution >= 0.6 is 0 Å². The number of carbonyl (C=O) groups excluding carboxylic acids is 3. The molecule has 0 fully saturated rings. The van der Waals surface area contributed by atoms with Crippen LogP contribution in [-0.2, 0) is 20.7 Å². The summed E-state index contributed by atoms with van der Waals surface area (Å²) >= 11 is 0. The van der Waals surface area contributed by atoms with Crippen molar-refractivity contribution < 1.29 is 33.3 Å². The summed E-state index contributed by atoms with van der Waals surface area (Å²) < 4.78 is 21.1. The van der Waals surface area contributed by atoms with E-state index in [9.17, 15) is 14.4 Å². The summed E-state index contributed by atoms with van der Waals surface area (Å²) in [6.07, 6.45) is 0.549. The number of hydrogen-bond donors (Lipinski definition) is 1. The summed E-state index contributed by atoms with van der Waals surface area (Å²) in [5, 5.41) is 2.58. The maximum atomic E-state index is 12.2. The van der Waals surface area contributed by atoms with Gasteiger partial charge in [-0.1, -0.05) is 18.2 Å². The van der Waals surface area contributed by atoms with Crippen molar-refractivity contribution in [2.75, 3.05) is 25.3 Å². The third-order valence-corrected chi connectivity index (χ3v) is 4.40. The van der Waals surface area contributed by atoms with Crippen LogP contribution in [0.1, 0.15) is 36.2 Å². The Balaban J connectivity index is 1.53. The number of ether oxygens (including phenoxy) is 4. The van der Waals surface area contributed by atoms with Gasteiger partial charge in [-0.25, -0.2) is 0 Å². The lowest BCUT2D eigenvalue weighted by Gasteiger charge is -2.11. The lowest BCUT2D eigenvalue weighted by molar-refractivity contribution is -0.147. The summed E-state index contributed by atoms with van der Waals surface area (Å²) in [6.45, 7) is 3.39. The second-order valence-corrected chi connectivity index (χ2v) is 6.56. The number of Topliss-reactive ketones (excluding diaryl/α,β-unsaturated/α-hetero) is 1. The molecule has 8 nitrogen and oxygen atoms in total. The number of fused-ring (bicyclic) bond motifs is 1. The lowest BCUT2D eigenvalue weighted by atomic mass is 10.1. The molecule has 2 aromatic carbocycles. The Hall–Kier alpha value is -3.55. The van der Waals surface area contributed by atoms with Gasteiger partial charge in [-0.15, -0.1) is 0 Å². The average molecular weight is 413 g/mol. The molecule has 0 spiro atoms. The second-order valence-electron chi connectivity index (χ2n) is 6.56. The lowest BCUT2D eigenvalue weighted by Crippen LogP contribution is -2.22. The number of hydrogen-bond acceptors (Lipinski definition) is 7. The number of carbonyl (C=O) groups is 3. The van der Waals surface area contributed by atoms with Crippen molar-refractivity contribution >= 4 is 23.3 Å². The van der Waals surface area contributed by atoms with Crippen molar-refractivity contribution in [1.29, 1.82) is 0 Å². The van der Waals surface area contributed by atoms with Crippen molar-refractivity contribution in [3.8, 4) is 17.2 Å². The molecule has 1 aliphatic rings. The second kappa shape index (κ2) is 9.78. The molecule has 3 rings (SSSR count). The molecule has 0 atom stereocenters. The predicted octanol–water partition coefficient (Wildman–Crippen LogP) is 3.13. The molecule has 0 bridgehead atoms. The summed E-state index contributed by atoms with van der Waals surface area (Å²) in [5.41, 5.74) is 1.46. The Kier molecular flexibility index (Phi) is 6.90. The van der Waals surface area contributed by atoms with Crippen LogP contribution in [-0.4, -0.2) is 37.7 Å². The van der Waals surface area contributed by atoms with Gasteiger partial charge in [-0.3, -0.25) is 14.4 Å². The van der Waals surface area contributed by atoms with Crippen LogP contribution in [0.2, 0.25) is 0 Å². The van der Waals surface area contributed by atoms with Crippen molar-refractivity contribution in [3.05, 3.63) is 47.5 Å². The van der Waals surface area contributed by atoms with E-state index in [1.165, 1.54) is 19.1 Å². The first-order valence-corrected chi connectivity index (χ1v) is 9.58. The number of ketones is 1. The molecule has 0 aromatic heterocycles. The van der Waals surface area contributed by atoms with Crippen LogP contribution in [0.25, 0.3) is 0 Å². The highest BCUT2D eigenvalue weighted by Gasteiger charge is 2.20. The standard InChI is InChI=1S/C22H23NO7/c1-3-27-18-7-5-4-6-15(18)8-9-22(26)28-12-21(25)23-17-11-20-19(29-13-30-20)10-16(17)14(2)24/h4-7,10-11H,3,8-9,12-13H2,1-2H3,(H,23,25). The Morgan fingerprint density at radius 3 is 2.57 bits per heavy atom. The molecule has 2 aromatic rings. The van der Waals surface area contributed by atoms with E-state index >= 15 is 0 Å². The molecule has 0 saturated heterocycles. The number of aryl methyl sites for hydroxylation is 1. The first-order valence-electron chi connectivity index (χ1n) is 9.58. The number of para-hydroxylation sites is 1. The SMILES string of the molecule is CCOc1ccccc1CCC(=O)OCC(=O)Nc1cc2c(cc1C(C)=O)OCO2. The summed E-state index contributed by atoms with van der Waals surface area (Å²) in [4.78, 5) is 36.1. The quantitative estimate of drug-likeness (QED) is 0.498. The zero-order valence-electron chi connectivity index (χ0n) is 16.9. The minimum absolute atomic E-state index is 0.0497. The van der Waals surface area contributed by atoms with E-state index in [-0.39, 0.29) is 30.2 Å². The third kappa shape index (κ3) is 5.28. The fourth-order valence-corrected chi connectivity index (χ4v) is 2.98. The summed E-state index contributed by atoms with van der Waals surface area (Å²) in [7, 11) is 0. The number of anilines is 1. The maximum absolute atomic E-state index is 12.2. The van der Waals surface area contributed by atoms with Gasteiger partial charge in [0.25, 0.3) is 5.91 Å². The van der Waals surface area contributed by atoms with Crippen LogP contribution < -0.4 is 19.5 Å². The Bertz CT molecular complexity index is 954. The molecule has 1 N–H and O–H groups in total. The first kappa shape index (κ1) is 21.2. The third-order valence-electron chi connectivity index (χ3n) is 4.40. The summed E-state index contributed by atoms with van der Waals surface area (Å²) in [6, 6.07) is 10.5. The van der Waals surface area contributed by atoms with Crippen molar-refractivity contribution in [1.82, 2.24) is 0 Å². The minimum Gasteiger partial charge on any atom is -0.494 e. The maximum Gasteiger partial charge on any atom is 0.306 e. The smallest absolute Gasteiger partial charge is 0.306 e. The van der Waals surface area contributed by atoms with E-state index in [2.05, 4.69) is 5.32 Å². The molecule has 0 saturated carbocycles. The van der Waals surface area contributed by atoms with E-state index < -0.39 is 18.5 Å². The van der Waals surface area contributed by atoms with Gasteiger partial charge in [-0.05, 0) is 38.0 Å². The molecule has 158 valence electrons. The van der Waals surface area contributed by atoms with Crippen LogP contribution in [0.15, 0.2) is 36.4 Å². The number of nitrogens with one attached hydrogen (secondary N) is 1. The molecule has 1 aliphatic heterocycles. The number of amides is 1. The zero-order valence-corrected chi connectivity index (χ0v) is 16.9. The highest BCUT2D eigenvalue weighted by Crippen LogP contribution is 2.37. The van der Waals surface area contributed by atoms with Crippen LogP contribution in [0.4, 0.5) is 5.69 Å². The van der Waals surface area contributed by atoms with Crippen LogP contribution in [0.3, 0.4) is 0 Å². The van der Waals surface area contributed by atoms with Gasteiger partial charge >= 0.3 is 5.97 Å². The fourth-order valence-electron chi connectivity index (χ4n) is 2.98. The van der Waals surface area contributed by atoms with Crippen LogP contribution in [0, 0.1) is 0 Å². The first-order chi connectivity index (χ1) is 14.5. The molecule has 30 heavy (non-hydrogen) atoms. The van der Waals surface area contributed by atoms with E-state index in [0.29, 0.717) is 24.5 Å². The number of benzene rings is 2. The number of esters is 1. The van der Waals surface area contributed by atoms with E-state index in [1.54, 1.807) is 0 Å². The normalized spacial score (nSPS) is 11.7. The molecular weight excluding hydrogens is 390 g/mol. The highest BCUT2D eigenvalue weighted by atomic mass is 16.7. The monoisotopic (exact) mass is 413 g/mol. The molecule has 1 heterocycles. The zero-order chi connectivity index (χ0) is 21.5. The minimum atomic E-state index is -0.556. The van der Waals surface area contributed by atoms with E-state index in [4.69, 9.17) is 18.9 Å². The molecule has 1 amide bonds. The Labute approximate surface area is 174 Å². The van der Waals surface area contributed by atoms with Gasteiger partial charge in [0, 0.05) is 18.1 Å². The fraction of sp³-hybridized carbons (Fsp3) is 0.318. The van der Waals surface area contributed by atoms with E-state index in [0.717, 1.165) is 11.3 Å². The topological polar surface area (TPSA) is 100 Å². The average Bonchev–Trinajstić information content (AvgIpc) is 3.18. The largest absolute Gasteiger partial charge is 0.494 e. The molecule has 0 aliphatic carbocycles. The van der Waals surface area contributed by atoms with Gasteiger partial charge in [0.05, 0.1) is 12.3 Å². The van der Waals surface area contributed by atoms with Gasteiger partial charge in [0.2, 0.25) is 6.79 Å². The van der Waals surface area contributed by atoms with Crippen molar-refractivity contribution in [2.45, 2.75) is 26.7 Å². The van der Waals surface area contributed by atoms with Gasteiger partial charge in [0.1, 0.15) is 5.75 Å². The van der Waals surface area contributed by atoms with Crippen molar-refractivity contribution in [2.24, 2.45) is 0 Å². The molecular formula is C22H23NO7. The van der Waals surface area contributed by atoms with Gasteiger partial charge < -0.3 is 24.3 Å². The van der Waals surface area contributed by atoms with Crippen LogP contribution in [0.5, 0.6) is 17.2 Å². The van der Waals surface area contributed by atoms with E-state index in [1.807, 2.05) is 31.2 Å². The van der Waals surface area contributed by atoms with Gasteiger partial charge in [-0.2, -0.15) is 0 Å². The van der Waals surface area contributed by atoms with Crippen molar-refractivity contribution in [3.63, 3.8) is 0 Å². The van der Waals surface area contributed by atoms with Gasteiger partial charge in [0.15, 0.2) is 23.9 Å². The Morgan fingerprint density at radius 1 is 1.10 bits per heavy atom.